The number of aryl methyl sites for hydroxylation is 1. The molecule has 1 atom stereocenters. The lowest BCUT2D eigenvalue weighted by Crippen LogP contribution is -2.17. The molecular formula is C12H15ClO2S. The summed E-state index contributed by atoms with van der Waals surface area (Å²) in [6.45, 7) is 2.08. The van der Waals surface area contributed by atoms with E-state index in [1.807, 2.05) is 12.1 Å². The predicted octanol–water partition coefficient (Wildman–Crippen LogP) is 2.98. The van der Waals surface area contributed by atoms with Crippen molar-refractivity contribution in [2.24, 2.45) is 0 Å². The van der Waals surface area contributed by atoms with Crippen LogP contribution >= 0.6 is 10.7 Å². The van der Waals surface area contributed by atoms with Crippen molar-refractivity contribution in [2.45, 2.75) is 32.1 Å². The topological polar surface area (TPSA) is 34.1 Å². The number of rotatable bonds is 2. The van der Waals surface area contributed by atoms with Gasteiger partial charge in [-0.05, 0) is 48.8 Å². The van der Waals surface area contributed by atoms with E-state index in [1.54, 1.807) is 0 Å². The van der Waals surface area contributed by atoms with Gasteiger partial charge in [-0.1, -0.05) is 18.2 Å². The maximum absolute atomic E-state index is 11.2. The highest BCUT2D eigenvalue weighted by molar-refractivity contribution is 8.13. The first-order valence-corrected chi connectivity index (χ1v) is 7.96. The van der Waals surface area contributed by atoms with Crippen molar-refractivity contribution in [1.82, 2.24) is 0 Å². The molecule has 0 fully saturated rings. The minimum atomic E-state index is -3.41. The van der Waals surface area contributed by atoms with Gasteiger partial charge in [0.15, 0.2) is 0 Å². The molecule has 0 amide bonds. The van der Waals surface area contributed by atoms with Crippen LogP contribution in [0.1, 0.15) is 35.4 Å². The smallest absolute Gasteiger partial charge is 0.212 e. The van der Waals surface area contributed by atoms with E-state index in [1.165, 1.54) is 16.7 Å². The highest BCUT2D eigenvalue weighted by Crippen LogP contribution is 2.34. The Kier molecular flexibility index (Phi) is 3.27. The second-order valence-corrected chi connectivity index (χ2v) is 7.26. The van der Waals surface area contributed by atoms with E-state index in [0.717, 1.165) is 19.3 Å². The van der Waals surface area contributed by atoms with E-state index in [0.29, 0.717) is 0 Å². The van der Waals surface area contributed by atoms with E-state index in [4.69, 9.17) is 10.7 Å². The highest BCUT2D eigenvalue weighted by atomic mass is 35.7. The van der Waals surface area contributed by atoms with Crippen LogP contribution in [0.2, 0.25) is 0 Å². The quantitative estimate of drug-likeness (QED) is 0.765. The molecule has 0 heterocycles. The van der Waals surface area contributed by atoms with Crippen molar-refractivity contribution in [2.75, 3.05) is 5.75 Å². The first-order chi connectivity index (χ1) is 7.47. The standard InChI is InChI=1S/C12H15ClO2S/c1-9-4-2-7-12-10(8-16(13,14)15)5-3-6-11(9)12/h2,4,7,10H,3,5-6,8H2,1H3. The molecule has 0 N–H and O–H groups in total. The second kappa shape index (κ2) is 4.38. The van der Waals surface area contributed by atoms with Gasteiger partial charge < -0.3 is 0 Å². The Morgan fingerprint density at radius 1 is 1.44 bits per heavy atom. The van der Waals surface area contributed by atoms with E-state index in [2.05, 4.69) is 13.0 Å². The van der Waals surface area contributed by atoms with Gasteiger partial charge in [0.05, 0.1) is 5.75 Å². The van der Waals surface area contributed by atoms with E-state index in [-0.39, 0.29) is 11.7 Å². The normalized spacial score (nSPS) is 20.5. The number of hydrogen-bond acceptors (Lipinski definition) is 2. The summed E-state index contributed by atoms with van der Waals surface area (Å²) in [7, 11) is 1.94. The SMILES string of the molecule is Cc1cccc2c1CCCC2CS(=O)(=O)Cl. The molecule has 1 aromatic rings. The third-order valence-electron chi connectivity index (χ3n) is 3.27. The molecule has 1 aliphatic carbocycles. The summed E-state index contributed by atoms with van der Waals surface area (Å²) in [4.78, 5) is 0. The van der Waals surface area contributed by atoms with Crippen LogP contribution in [0, 0.1) is 6.92 Å². The maximum atomic E-state index is 11.2. The van der Waals surface area contributed by atoms with Gasteiger partial charge in [-0.3, -0.25) is 0 Å². The number of halogens is 1. The van der Waals surface area contributed by atoms with Crippen molar-refractivity contribution in [3.05, 3.63) is 34.9 Å². The minimum absolute atomic E-state index is 0.0605. The molecule has 1 aliphatic rings. The molecule has 0 spiro atoms. The van der Waals surface area contributed by atoms with Crippen LogP contribution in [0.3, 0.4) is 0 Å². The number of benzene rings is 1. The average molecular weight is 259 g/mol. The second-order valence-electron chi connectivity index (χ2n) is 4.44. The Balaban J connectivity index is 2.37. The van der Waals surface area contributed by atoms with Gasteiger partial charge >= 0.3 is 0 Å². The Bertz CT molecular complexity index is 494. The summed E-state index contributed by atoms with van der Waals surface area (Å²) in [5.74, 6) is 0.136. The maximum Gasteiger partial charge on any atom is 0.233 e. The molecule has 0 saturated heterocycles. The van der Waals surface area contributed by atoms with Crippen LogP contribution < -0.4 is 0 Å². The fourth-order valence-electron chi connectivity index (χ4n) is 2.54. The van der Waals surface area contributed by atoms with Gasteiger partial charge in [0.2, 0.25) is 9.05 Å². The summed E-state index contributed by atoms with van der Waals surface area (Å²) in [6, 6.07) is 6.11. The van der Waals surface area contributed by atoms with E-state index >= 15 is 0 Å². The van der Waals surface area contributed by atoms with Gasteiger partial charge in [0.1, 0.15) is 0 Å². The first-order valence-electron chi connectivity index (χ1n) is 5.48. The van der Waals surface area contributed by atoms with Crippen molar-refractivity contribution < 1.29 is 8.42 Å². The molecule has 0 saturated carbocycles. The van der Waals surface area contributed by atoms with Gasteiger partial charge in [-0.15, -0.1) is 0 Å². The Morgan fingerprint density at radius 2 is 2.19 bits per heavy atom. The zero-order chi connectivity index (χ0) is 11.8. The zero-order valence-electron chi connectivity index (χ0n) is 9.24. The average Bonchev–Trinajstić information content (AvgIpc) is 2.17. The Labute approximate surface area is 101 Å². The molecule has 0 radical (unpaired) electrons. The Morgan fingerprint density at radius 3 is 2.88 bits per heavy atom. The van der Waals surface area contributed by atoms with E-state index in [9.17, 15) is 8.42 Å². The Hall–Kier alpha value is -0.540. The predicted molar refractivity (Wildman–Crippen MR) is 66.5 cm³/mol. The molecule has 1 aromatic carbocycles. The summed E-state index contributed by atoms with van der Waals surface area (Å²) in [5, 5.41) is 0. The lowest BCUT2D eigenvalue weighted by atomic mass is 9.82. The van der Waals surface area contributed by atoms with Crippen LogP contribution in [0.5, 0.6) is 0 Å². The van der Waals surface area contributed by atoms with Crippen LogP contribution in [0.25, 0.3) is 0 Å². The molecule has 2 nitrogen and oxygen atoms in total. The monoisotopic (exact) mass is 258 g/mol. The molecule has 1 unspecified atom stereocenters. The van der Waals surface area contributed by atoms with Crippen molar-refractivity contribution in [3.8, 4) is 0 Å². The molecule has 4 heteroatoms. The number of fused-ring (bicyclic) bond motifs is 1. The van der Waals surface area contributed by atoms with Gasteiger partial charge in [-0.25, -0.2) is 8.42 Å². The van der Waals surface area contributed by atoms with Crippen LogP contribution in [-0.4, -0.2) is 14.2 Å². The molecule has 0 aromatic heterocycles. The van der Waals surface area contributed by atoms with Crippen LogP contribution in [0.4, 0.5) is 0 Å². The molecule has 0 bridgehead atoms. The minimum Gasteiger partial charge on any atom is -0.212 e. The third-order valence-corrected chi connectivity index (χ3v) is 4.44. The van der Waals surface area contributed by atoms with E-state index < -0.39 is 9.05 Å². The molecule has 2 rings (SSSR count). The largest absolute Gasteiger partial charge is 0.233 e. The van der Waals surface area contributed by atoms with Gasteiger partial charge in [0.25, 0.3) is 0 Å². The molecule has 88 valence electrons. The third kappa shape index (κ3) is 2.58. The van der Waals surface area contributed by atoms with Crippen LogP contribution in [-0.2, 0) is 15.5 Å². The summed E-state index contributed by atoms with van der Waals surface area (Å²) in [6.07, 6.45) is 3.03. The van der Waals surface area contributed by atoms with Crippen LogP contribution in [0.15, 0.2) is 18.2 Å². The highest BCUT2D eigenvalue weighted by Gasteiger charge is 2.25. The fraction of sp³-hybridized carbons (Fsp3) is 0.500. The van der Waals surface area contributed by atoms with Crippen molar-refractivity contribution in [3.63, 3.8) is 0 Å². The summed E-state index contributed by atoms with van der Waals surface area (Å²) in [5.41, 5.74) is 3.75. The fourth-order valence-corrected chi connectivity index (χ4v) is 3.83. The van der Waals surface area contributed by atoms with Crippen molar-refractivity contribution in [1.29, 1.82) is 0 Å². The molecule has 16 heavy (non-hydrogen) atoms. The number of hydrogen-bond donors (Lipinski definition) is 0. The zero-order valence-corrected chi connectivity index (χ0v) is 10.8. The van der Waals surface area contributed by atoms with Gasteiger partial charge in [0, 0.05) is 10.7 Å². The van der Waals surface area contributed by atoms with Gasteiger partial charge in [-0.2, -0.15) is 0 Å². The molecule has 0 aliphatic heterocycles. The lowest BCUT2D eigenvalue weighted by Gasteiger charge is -2.25. The first kappa shape index (κ1) is 11.9. The lowest BCUT2D eigenvalue weighted by molar-refractivity contribution is 0.566. The summed E-state index contributed by atoms with van der Waals surface area (Å²) < 4.78 is 22.3. The van der Waals surface area contributed by atoms with Crippen molar-refractivity contribution >= 4 is 19.7 Å². The summed E-state index contributed by atoms with van der Waals surface area (Å²) >= 11 is 0. The molecular weight excluding hydrogens is 244 g/mol.